The fraction of sp³-hybridized carbons (Fsp3) is 0.381. The normalized spacial score (nSPS) is 21.9. The standard InChI is InChI=1S/C21H21ClFN3O4S2/c22-13-1-4-19(31)16(9-13)20(27)24-11-15-12-26(21(28)30-15)14-2-3-18(17(23)10-14)25-5-7-32(29)8-6-25/h1-3,9-10,15H,4-8,11-12H2,(H,24,27)/t15-/m0/s1. The zero-order valence-electron chi connectivity index (χ0n) is 17.0. The van der Waals surface area contributed by atoms with Crippen LogP contribution in [-0.4, -0.2) is 65.2 Å². The summed E-state index contributed by atoms with van der Waals surface area (Å²) in [7, 11) is 0. The number of thiocarbonyl (C=S) groups is 1. The minimum absolute atomic E-state index is 0.0911. The molecule has 3 aliphatic rings. The van der Waals surface area contributed by atoms with Crippen molar-refractivity contribution in [1.29, 1.82) is 0 Å². The van der Waals surface area contributed by atoms with Crippen LogP contribution in [0, 0.1) is 5.82 Å². The maximum absolute atomic E-state index is 14.8. The van der Waals surface area contributed by atoms with Gasteiger partial charge in [0.15, 0.2) is 0 Å². The van der Waals surface area contributed by atoms with E-state index in [1.165, 1.54) is 17.0 Å². The molecule has 1 N–H and O–H groups in total. The molecule has 2 saturated heterocycles. The van der Waals surface area contributed by atoms with Crippen molar-refractivity contribution in [2.45, 2.75) is 12.5 Å². The number of nitrogens with one attached hydrogen (secondary N) is 1. The molecule has 4 rings (SSSR count). The van der Waals surface area contributed by atoms with Gasteiger partial charge in [0.1, 0.15) is 23.4 Å². The molecule has 1 aromatic carbocycles. The molecular formula is C21H21ClFN3O4S2. The molecule has 1 aromatic rings. The molecule has 0 radical (unpaired) electrons. The number of carbonyl (C=O) groups excluding carboxylic acids is 2. The fourth-order valence-electron chi connectivity index (χ4n) is 3.71. The quantitative estimate of drug-likeness (QED) is 0.497. The molecule has 1 aliphatic carbocycles. The van der Waals surface area contributed by atoms with Crippen LogP contribution in [0.25, 0.3) is 0 Å². The number of allylic oxidation sites excluding steroid dienone is 3. The Labute approximate surface area is 198 Å². The molecule has 0 bridgehead atoms. The van der Waals surface area contributed by atoms with Crippen molar-refractivity contribution in [3.8, 4) is 0 Å². The smallest absolute Gasteiger partial charge is 0.414 e. The summed E-state index contributed by atoms with van der Waals surface area (Å²) in [4.78, 5) is 28.4. The lowest BCUT2D eigenvalue weighted by Gasteiger charge is -2.30. The van der Waals surface area contributed by atoms with Gasteiger partial charge < -0.3 is 19.5 Å². The lowest BCUT2D eigenvalue weighted by atomic mass is 10.0. The summed E-state index contributed by atoms with van der Waals surface area (Å²) >= 11 is 10.3. The predicted molar refractivity (Wildman–Crippen MR) is 126 cm³/mol. The van der Waals surface area contributed by atoms with Crippen molar-refractivity contribution in [3.63, 3.8) is 0 Å². The summed E-state index contributed by atoms with van der Waals surface area (Å²) in [5.74, 6) is 0.185. The molecule has 0 unspecified atom stereocenters. The van der Waals surface area contributed by atoms with Crippen LogP contribution in [0.5, 0.6) is 0 Å². The molecule has 170 valence electrons. The van der Waals surface area contributed by atoms with Crippen molar-refractivity contribution in [3.05, 3.63) is 46.8 Å². The zero-order chi connectivity index (χ0) is 22.8. The topological polar surface area (TPSA) is 84.9 Å². The number of anilines is 2. The number of amides is 2. The first-order chi connectivity index (χ1) is 15.3. The second-order valence-corrected chi connectivity index (χ2v) is 10.2. The van der Waals surface area contributed by atoms with Crippen molar-refractivity contribution < 1.29 is 23.3 Å². The molecule has 7 nitrogen and oxygen atoms in total. The van der Waals surface area contributed by atoms with E-state index in [0.717, 1.165) is 0 Å². The molecule has 11 heteroatoms. The van der Waals surface area contributed by atoms with Crippen LogP contribution in [0.3, 0.4) is 0 Å². The largest absolute Gasteiger partial charge is 0.616 e. The van der Waals surface area contributed by atoms with E-state index in [-0.39, 0.29) is 19.0 Å². The molecule has 2 aliphatic heterocycles. The molecule has 0 saturated carbocycles. The Morgan fingerprint density at radius 1 is 1.38 bits per heavy atom. The monoisotopic (exact) mass is 497 g/mol. The number of benzene rings is 1. The van der Waals surface area contributed by atoms with E-state index >= 15 is 0 Å². The summed E-state index contributed by atoms with van der Waals surface area (Å²) in [5.41, 5.74) is 1.12. The number of ether oxygens (including phenoxy) is 1. The summed E-state index contributed by atoms with van der Waals surface area (Å²) < 4.78 is 31.6. The highest BCUT2D eigenvalue weighted by Gasteiger charge is 2.33. The third-order valence-corrected chi connectivity index (χ3v) is 7.36. The summed E-state index contributed by atoms with van der Waals surface area (Å²) in [6.45, 7) is 1.31. The van der Waals surface area contributed by atoms with Gasteiger partial charge in [-0.2, -0.15) is 0 Å². The average Bonchev–Trinajstić information content (AvgIpc) is 3.15. The van der Waals surface area contributed by atoms with Gasteiger partial charge >= 0.3 is 6.09 Å². The number of hydrogen-bond acceptors (Lipinski definition) is 6. The molecule has 0 spiro atoms. The highest BCUT2D eigenvalue weighted by atomic mass is 35.5. The second kappa shape index (κ2) is 9.78. The van der Waals surface area contributed by atoms with Gasteiger partial charge in [-0.25, -0.2) is 9.18 Å². The lowest BCUT2D eigenvalue weighted by Crippen LogP contribution is -2.40. The summed E-state index contributed by atoms with van der Waals surface area (Å²) in [5, 5.41) is 3.16. The van der Waals surface area contributed by atoms with Crippen LogP contribution in [0.15, 0.2) is 41.0 Å². The van der Waals surface area contributed by atoms with Crippen molar-refractivity contribution in [1.82, 2.24) is 5.32 Å². The number of rotatable bonds is 5. The Morgan fingerprint density at radius 3 is 2.84 bits per heavy atom. The van der Waals surface area contributed by atoms with E-state index < -0.39 is 29.2 Å². The maximum Gasteiger partial charge on any atom is 0.414 e. The molecule has 2 heterocycles. The summed E-state index contributed by atoms with van der Waals surface area (Å²) in [6.07, 6.45) is 2.47. The van der Waals surface area contributed by atoms with E-state index in [2.05, 4.69) is 5.32 Å². The first kappa shape index (κ1) is 23.0. The van der Waals surface area contributed by atoms with E-state index in [4.69, 9.17) is 28.6 Å². The lowest BCUT2D eigenvalue weighted by molar-refractivity contribution is -0.117. The van der Waals surface area contributed by atoms with Gasteiger partial charge in [0, 0.05) is 16.3 Å². The van der Waals surface area contributed by atoms with Gasteiger partial charge in [-0.15, -0.1) is 0 Å². The minimum Gasteiger partial charge on any atom is -0.616 e. The zero-order valence-corrected chi connectivity index (χ0v) is 19.4. The molecule has 0 aromatic heterocycles. The molecule has 32 heavy (non-hydrogen) atoms. The van der Waals surface area contributed by atoms with Crippen LogP contribution in [0.1, 0.15) is 6.42 Å². The summed E-state index contributed by atoms with van der Waals surface area (Å²) in [6, 6.07) is 4.57. The van der Waals surface area contributed by atoms with Gasteiger partial charge in [0.2, 0.25) is 0 Å². The molecule has 2 amide bonds. The van der Waals surface area contributed by atoms with Crippen LogP contribution < -0.4 is 15.1 Å². The third-order valence-electron chi connectivity index (χ3n) is 5.44. The van der Waals surface area contributed by atoms with Crippen LogP contribution in [0.4, 0.5) is 20.6 Å². The van der Waals surface area contributed by atoms with Crippen LogP contribution >= 0.6 is 23.8 Å². The van der Waals surface area contributed by atoms with E-state index in [0.29, 0.717) is 57.9 Å². The number of cyclic esters (lactones) is 1. The Kier molecular flexibility index (Phi) is 7.04. The Hall–Kier alpha value is -2.14. The molecule has 1 atom stereocenters. The number of nitrogens with zero attached hydrogens (tertiary/aromatic N) is 2. The van der Waals surface area contributed by atoms with Gasteiger partial charge in [0.25, 0.3) is 5.91 Å². The SMILES string of the molecule is O=C(NC[C@H]1CN(c2ccc(N3CC[S+]([O-])CC3)c(F)c2)C(=O)O1)C1=CC(Cl)=CCC1=S. The number of halogens is 2. The third kappa shape index (κ3) is 5.09. The van der Waals surface area contributed by atoms with E-state index in [1.807, 2.05) is 4.90 Å². The van der Waals surface area contributed by atoms with Gasteiger partial charge in [0.05, 0.1) is 43.1 Å². The molecule has 2 fully saturated rings. The van der Waals surface area contributed by atoms with Crippen molar-refractivity contribution in [2.75, 3.05) is 47.5 Å². The fourth-order valence-corrected chi connectivity index (χ4v) is 5.18. The number of hydrogen-bond donors (Lipinski definition) is 1. The first-order valence-corrected chi connectivity index (χ1v) is 12.4. The highest BCUT2D eigenvalue weighted by Crippen LogP contribution is 2.29. The Balaban J connectivity index is 1.36. The van der Waals surface area contributed by atoms with E-state index in [9.17, 15) is 18.5 Å². The maximum atomic E-state index is 14.8. The molecular weight excluding hydrogens is 477 g/mol. The van der Waals surface area contributed by atoms with Gasteiger partial charge in [-0.05, 0) is 24.3 Å². The van der Waals surface area contributed by atoms with Crippen molar-refractivity contribution in [2.24, 2.45) is 0 Å². The van der Waals surface area contributed by atoms with Gasteiger partial charge in [-0.3, -0.25) is 9.69 Å². The second-order valence-electron chi connectivity index (χ2n) is 7.57. The Bertz CT molecular complexity index is 1010. The predicted octanol–water partition coefficient (Wildman–Crippen LogP) is 2.66. The van der Waals surface area contributed by atoms with Crippen molar-refractivity contribution >= 4 is 63.2 Å². The average molecular weight is 498 g/mol. The Morgan fingerprint density at radius 2 is 2.12 bits per heavy atom. The van der Waals surface area contributed by atoms with E-state index in [1.54, 1.807) is 18.2 Å². The highest BCUT2D eigenvalue weighted by molar-refractivity contribution is 7.91. The number of carbonyl (C=O) groups is 2. The van der Waals surface area contributed by atoms with Crippen LogP contribution in [-0.2, 0) is 20.7 Å². The van der Waals surface area contributed by atoms with Crippen LogP contribution in [0.2, 0.25) is 0 Å². The van der Waals surface area contributed by atoms with Gasteiger partial charge in [-0.1, -0.05) is 41.1 Å². The first-order valence-electron chi connectivity index (χ1n) is 10.1. The minimum atomic E-state index is -0.851.